The SMILES string of the molecule is C[Si](C)(C)Oc1cc(F)ccc1C=O. The van der Waals surface area contributed by atoms with Crippen molar-refractivity contribution in [2.45, 2.75) is 19.6 Å². The molecule has 0 fully saturated rings. The molecule has 0 aliphatic rings. The molecule has 0 atom stereocenters. The summed E-state index contributed by atoms with van der Waals surface area (Å²) in [4.78, 5) is 10.6. The Bertz CT molecular complexity index is 344. The third-order valence-corrected chi connectivity index (χ3v) is 2.35. The van der Waals surface area contributed by atoms with Crippen molar-refractivity contribution in [3.8, 4) is 5.75 Å². The van der Waals surface area contributed by atoms with Gasteiger partial charge < -0.3 is 4.43 Å². The van der Waals surface area contributed by atoms with Gasteiger partial charge in [0, 0.05) is 6.07 Å². The summed E-state index contributed by atoms with van der Waals surface area (Å²) in [5, 5.41) is 0. The van der Waals surface area contributed by atoms with E-state index in [2.05, 4.69) is 0 Å². The lowest BCUT2D eigenvalue weighted by molar-refractivity contribution is 0.112. The van der Waals surface area contributed by atoms with E-state index < -0.39 is 8.32 Å². The Morgan fingerprint density at radius 2 is 2.00 bits per heavy atom. The Labute approximate surface area is 83.8 Å². The second-order valence-corrected chi connectivity index (χ2v) is 8.44. The van der Waals surface area contributed by atoms with Crippen molar-refractivity contribution in [3.05, 3.63) is 29.6 Å². The van der Waals surface area contributed by atoms with Crippen LogP contribution in [0, 0.1) is 5.82 Å². The van der Waals surface area contributed by atoms with Crippen molar-refractivity contribution in [2.24, 2.45) is 0 Å². The highest BCUT2D eigenvalue weighted by molar-refractivity contribution is 6.70. The van der Waals surface area contributed by atoms with Crippen molar-refractivity contribution in [1.29, 1.82) is 0 Å². The van der Waals surface area contributed by atoms with Crippen LogP contribution in [0.15, 0.2) is 18.2 Å². The van der Waals surface area contributed by atoms with Gasteiger partial charge in [-0.2, -0.15) is 0 Å². The number of carbonyl (C=O) groups excluding carboxylic acids is 1. The molecular formula is C10H13FO2Si. The molecule has 0 aliphatic heterocycles. The topological polar surface area (TPSA) is 26.3 Å². The zero-order valence-electron chi connectivity index (χ0n) is 8.50. The normalized spacial score (nSPS) is 11.1. The Morgan fingerprint density at radius 3 is 2.50 bits per heavy atom. The predicted molar refractivity (Wildman–Crippen MR) is 55.8 cm³/mol. The van der Waals surface area contributed by atoms with Gasteiger partial charge in [-0.25, -0.2) is 4.39 Å². The summed E-state index contributed by atoms with van der Waals surface area (Å²) in [6.07, 6.45) is 0.676. The van der Waals surface area contributed by atoms with Crippen molar-refractivity contribution < 1.29 is 13.6 Å². The molecule has 0 heterocycles. The average Bonchev–Trinajstić information content (AvgIpc) is 2.01. The van der Waals surface area contributed by atoms with Gasteiger partial charge in [0.25, 0.3) is 0 Å². The Kier molecular flexibility index (Phi) is 3.05. The first kappa shape index (κ1) is 10.9. The van der Waals surface area contributed by atoms with Crippen molar-refractivity contribution in [3.63, 3.8) is 0 Å². The van der Waals surface area contributed by atoms with Crippen LogP contribution in [0.25, 0.3) is 0 Å². The van der Waals surface area contributed by atoms with Gasteiger partial charge in [-0.05, 0) is 31.8 Å². The molecule has 1 aromatic rings. The molecule has 0 saturated heterocycles. The monoisotopic (exact) mass is 212 g/mol. The van der Waals surface area contributed by atoms with Crippen LogP contribution in [-0.2, 0) is 0 Å². The van der Waals surface area contributed by atoms with Crippen LogP contribution in [0.4, 0.5) is 4.39 Å². The molecule has 0 aromatic heterocycles. The summed E-state index contributed by atoms with van der Waals surface area (Å²) in [5.41, 5.74) is 0.397. The quantitative estimate of drug-likeness (QED) is 0.569. The summed E-state index contributed by atoms with van der Waals surface area (Å²) in [5.74, 6) is -0.0389. The second-order valence-electron chi connectivity index (χ2n) is 4.01. The first-order valence-corrected chi connectivity index (χ1v) is 7.77. The first-order chi connectivity index (χ1) is 6.42. The zero-order chi connectivity index (χ0) is 10.8. The third kappa shape index (κ3) is 2.96. The fourth-order valence-electron chi connectivity index (χ4n) is 1.02. The van der Waals surface area contributed by atoms with Gasteiger partial charge in [0.1, 0.15) is 11.6 Å². The molecule has 14 heavy (non-hydrogen) atoms. The molecule has 0 N–H and O–H groups in total. The molecule has 0 aliphatic carbocycles. The average molecular weight is 212 g/mol. The highest BCUT2D eigenvalue weighted by Gasteiger charge is 2.18. The number of rotatable bonds is 3. The number of aldehydes is 1. The minimum absolute atomic E-state index is 0.346. The van der Waals surface area contributed by atoms with Crippen molar-refractivity contribution in [2.75, 3.05) is 0 Å². The fraction of sp³-hybridized carbons (Fsp3) is 0.300. The molecule has 76 valence electrons. The Balaban J connectivity index is 3.05. The van der Waals surface area contributed by atoms with E-state index in [1.54, 1.807) is 0 Å². The molecule has 0 spiro atoms. The number of hydrogen-bond donors (Lipinski definition) is 0. The van der Waals surface area contributed by atoms with E-state index in [4.69, 9.17) is 4.43 Å². The summed E-state index contributed by atoms with van der Waals surface area (Å²) >= 11 is 0. The highest BCUT2D eigenvalue weighted by Crippen LogP contribution is 2.21. The first-order valence-electron chi connectivity index (χ1n) is 4.36. The van der Waals surface area contributed by atoms with Gasteiger partial charge in [0.2, 0.25) is 8.32 Å². The molecule has 0 amide bonds. The summed E-state index contributed by atoms with van der Waals surface area (Å²) in [6, 6.07) is 3.93. The minimum atomic E-state index is -1.79. The van der Waals surface area contributed by atoms with Crippen molar-refractivity contribution in [1.82, 2.24) is 0 Å². The lowest BCUT2D eigenvalue weighted by Gasteiger charge is -2.20. The van der Waals surface area contributed by atoms with E-state index in [9.17, 15) is 9.18 Å². The van der Waals surface area contributed by atoms with Gasteiger partial charge >= 0.3 is 0 Å². The molecular weight excluding hydrogens is 199 g/mol. The number of halogens is 1. The molecule has 1 rings (SSSR count). The molecule has 0 bridgehead atoms. The Morgan fingerprint density at radius 1 is 1.36 bits per heavy atom. The van der Waals surface area contributed by atoms with Crippen molar-refractivity contribution >= 4 is 14.6 Å². The van der Waals surface area contributed by atoms with Gasteiger partial charge in [-0.1, -0.05) is 0 Å². The lowest BCUT2D eigenvalue weighted by Crippen LogP contribution is -2.29. The lowest BCUT2D eigenvalue weighted by atomic mass is 10.2. The highest BCUT2D eigenvalue weighted by atomic mass is 28.4. The maximum absolute atomic E-state index is 12.9. The van der Waals surface area contributed by atoms with E-state index in [-0.39, 0.29) is 5.82 Å². The van der Waals surface area contributed by atoms with E-state index in [1.807, 2.05) is 19.6 Å². The maximum atomic E-state index is 12.9. The van der Waals surface area contributed by atoms with Crippen LogP contribution in [0.3, 0.4) is 0 Å². The van der Waals surface area contributed by atoms with Crippen LogP contribution in [0.2, 0.25) is 19.6 Å². The van der Waals surface area contributed by atoms with Gasteiger partial charge in [0.05, 0.1) is 5.56 Å². The molecule has 0 radical (unpaired) electrons. The molecule has 0 unspecified atom stereocenters. The zero-order valence-corrected chi connectivity index (χ0v) is 9.50. The molecule has 0 saturated carbocycles. The molecule has 4 heteroatoms. The van der Waals surface area contributed by atoms with Gasteiger partial charge in [-0.15, -0.1) is 0 Å². The number of hydrogen-bond acceptors (Lipinski definition) is 2. The Hall–Kier alpha value is -1.16. The predicted octanol–water partition coefficient (Wildman–Crippen LogP) is 2.85. The van der Waals surface area contributed by atoms with E-state index in [1.165, 1.54) is 18.2 Å². The van der Waals surface area contributed by atoms with Gasteiger partial charge in [0.15, 0.2) is 6.29 Å². The third-order valence-electron chi connectivity index (χ3n) is 1.52. The smallest absolute Gasteiger partial charge is 0.242 e. The van der Waals surface area contributed by atoms with Crippen LogP contribution < -0.4 is 4.43 Å². The van der Waals surface area contributed by atoms with E-state index >= 15 is 0 Å². The van der Waals surface area contributed by atoms with E-state index in [0.29, 0.717) is 17.6 Å². The standard InChI is InChI=1S/C10H13FO2Si/c1-14(2,3)13-10-6-9(11)5-4-8(10)7-12/h4-7H,1-3H3. The van der Waals surface area contributed by atoms with Crippen LogP contribution in [0.5, 0.6) is 5.75 Å². The summed E-state index contributed by atoms with van der Waals surface area (Å²) in [6.45, 7) is 5.94. The largest absolute Gasteiger partial charge is 0.544 e. The fourth-order valence-corrected chi connectivity index (χ4v) is 1.86. The van der Waals surface area contributed by atoms with Crippen LogP contribution in [0.1, 0.15) is 10.4 Å². The number of benzene rings is 1. The second kappa shape index (κ2) is 3.92. The van der Waals surface area contributed by atoms with Gasteiger partial charge in [-0.3, -0.25) is 4.79 Å². The van der Waals surface area contributed by atoms with E-state index in [0.717, 1.165) is 0 Å². The van der Waals surface area contributed by atoms with Crippen LogP contribution in [-0.4, -0.2) is 14.6 Å². The minimum Gasteiger partial charge on any atom is -0.544 e. The van der Waals surface area contributed by atoms with Crippen LogP contribution >= 0.6 is 0 Å². The summed E-state index contributed by atoms with van der Waals surface area (Å²) in [7, 11) is -1.79. The maximum Gasteiger partial charge on any atom is 0.242 e. The summed E-state index contributed by atoms with van der Waals surface area (Å²) < 4.78 is 18.5. The molecule has 2 nitrogen and oxygen atoms in total. The number of carbonyl (C=O) groups is 1. The molecule has 1 aromatic carbocycles.